The maximum absolute atomic E-state index is 2.38. The van der Waals surface area contributed by atoms with Crippen LogP contribution in [-0.4, -0.2) is 0 Å². The van der Waals surface area contributed by atoms with E-state index in [-0.39, 0.29) is 0 Å². The Hall–Kier alpha value is -0.260. The number of hydrogen-bond donors (Lipinski definition) is 0. The Morgan fingerprint density at radius 1 is 1.17 bits per heavy atom. The van der Waals surface area contributed by atoms with Gasteiger partial charge in [0.25, 0.3) is 0 Å². The fourth-order valence-corrected chi connectivity index (χ4v) is 1.61. The van der Waals surface area contributed by atoms with Crippen molar-refractivity contribution in [3.05, 3.63) is 12.2 Å². The second kappa shape index (κ2) is 6.28. The van der Waals surface area contributed by atoms with Gasteiger partial charge in [-0.15, -0.1) is 0 Å². The van der Waals surface area contributed by atoms with Crippen LogP contribution in [0.4, 0.5) is 0 Å². The zero-order chi connectivity index (χ0) is 9.56. The first-order chi connectivity index (χ1) is 5.63. The first kappa shape index (κ1) is 11.7. The third-order valence-corrected chi connectivity index (χ3v) is 2.99. The second-order valence-electron chi connectivity index (χ2n) is 4.08. The van der Waals surface area contributed by atoms with Crippen molar-refractivity contribution in [1.29, 1.82) is 0 Å². The monoisotopic (exact) mass is 168 g/mol. The molecule has 72 valence electrons. The van der Waals surface area contributed by atoms with Crippen molar-refractivity contribution in [2.75, 3.05) is 0 Å². The van der Waals surface area contributed by atoms with E-state index in [1.165, 1.54) is 12.8 Å². The SMILES string of the molecule is C/C=C/CC(CC)C(C)C(C)C. The summed E-state index contributed by atoms with van der Waals surface area (Å²) in [6, 6.07) is 0. The van der Waals surface area contributed by atoms with Crippen molar-refractivity contribution in [2.45, 2.75) is 47.5 Å². The molecular weight excluding hydrogens is 144 g/mol. The molecule has 0 aromatic rings. The van der Waals surface area contributed by atoms with Gasteiger partial charge in [-0.2, -0.15) is 0 Å². The van der Waals surface area contributed by atoms with E-state index in [4.69, 9.17) is 0 Å². The quantitative estimate of drug-likeness (QED) is 0.538. The predicted octanol–water partition coefficient (Wildman–Crippen LogP) is 4.27. The van der Waals surface area contributed by atoms with Gasteiger partial charge in [0.05, 0.1) is 0 Å². The van der Waals surface area contributed by atoms with E-state index in [0.29, 0.717) is 0 Å². The number of allylic oxidation sites excluding steroid dienone is 2. The summed E-state index contributed by atoms with van der Waals surface area (Å²) in [5.74, 6) is 2.55. The van der Waals surface area contributed by atoms with Crippen molar-refractivity contribution in [1.82, 2.24) is 0 Å². The van der Waals surface area contributed by atoms with Gasteiger partial charge >= 0.3 is 0 Å². The molecular formula is C12H24. The molecule has 0 spiro atoms. The maximum Gasteiger partial charge on any atom is -0.0320 e. The molecule has 0 aliphatic heterocycles. The van der Waals surface area contributed by atoms with Crippen LogP contribution in [0.5, 0.6) is 0 Å². The summed E-state index contributed by atoms with van der Waals surface area (Å²) in [7, 11) is 0. The van der Waals surface area contributed by atoms with Crippen LogP contribution in [0.1, 0.15) is 47.5 Å². The Bertz CT molecular complexity index is 122. The molecule has 0 saturated heterocycles. The minimum atomic E-state index is 0.820. The molecule has 0 bridgehead atoms. The van der Waals surface area contributed by atoms with Crippen molar-refractivity contribution in [3.8, 4) is 0 Å². The number of rotatable bonds is 5. The molecule has 2 atom stereocenters. The molecule has 0 aromatic carbocycles. The lowest BCUT2D eigenvalue weighted by atomic mass is 9.81. The summed E-state index contributed by atoms with van der Waals surface area (Å²) in [6.45, 7) is 11.4. The minimum absolute atomic E-state index is 0.820. The zero-order valence-corrected chi connectivity index (χ0v) is 9.30. The van der Waals surface area contributed by atoms with E-state index in [1.807, 2.05) is 0 Å². The molecule has 0 radical (unpaired) electrons. The Morgan fingerprint density at radius 3 is 2.08 bits per heavy atom. The lowest BCUT2D eigenvalue weighted by Gasteiger charge is -2.24. The summed E-state index contributed by atoms with van der Waals surface area (Å²) >= 11 is 0. The molecule has 2 unspecified atom stereocenters. The zero-order valence-electron chi connectivity index (χ0n) is 9.30. The topological polar surface area (TPSA) is 0 Å². The van der Waals surface area contributed by atoms with Crippen LogP contribution in [0.15, 0.2) is 12.2 Å². The summed E-state index contributed by atoms with van der Waals surface area (Å²) in [4.78, 5) is 0. The van der Waals surface area contributed by atoms with Crippen LogP contribution in [0, 0.1) is 17.8 Å². The molecule has 0 rings (SSSR count). The number of hydrogen-bond acceptors (Lipinski definition) is 0. The van der Waals surface area contributed by atoms with Gasteiger partial charge in [0.2, 0.25) is 0 Å². The molecule has 0 N–H and O–H groups in total. The highest BCUT2D eigenvalue weighted by Crippen LogP contribution is 2.26. The molecule has 0 heteroatoms. The molecule has 0 fully saturated rings. The second-order valence-corrected chi connectivity index (χ2v) is 4.08. The van der Waals surface area contributed by atoms with Crippen LogP contribution in [0.3, 0.4) is 0 Å². The van der Waals surface area contributed by atoms with Gasteiger partial charge in [-0.05, 0) is 31.1 Å². The van der Waals surface area contributed by atoms with E-state index in [9.17, 15) is 0 Å². The molecule has 0 aliphatic rings. The van der Waals surface area contributed by atoms with Crippen LogP contribution < -0.4 is 0 Å². The Kier molecular flexibility index (Phi) is 6.14. The summed E-state index contributed by atoms with van der Waals surface area (Å²) in [6.07, 6.45) is 7.03. The van der Waals surface area contributed by atoms with Gasteiger partial charge in [0.15, 0.2) is 0 Å². The van der Waals surface area contributed by atoms with Gasteiger partial charge in [-0.1, -0.05) is 46.3 Å². The van der Waals surface area contributed by atoms with E-state index < -0.39 is 0 Å². The van der Waals surface area contributed by atoms with Gasteiger partial charge in [0.1, 0.15) is 0 Å². The first-order valence-electron chi connectivity index (χ1n) is 5.24. The summed E-state index contributed by atoms with van der Waals surface area (Å²) in [5.41, 5.74) is 0. The fourth-order valence-electron chi connectivity index (χ4n) is 1.61. The first-order valence-corrected chi connectivity index (χ1v) is 5.24. The summed E-state index contributed by atoms with van der Waals surface area (Å²) < 4.78 is 0. The van der Waals surface area contributed by atoms with Crippen LogP contribution in [0.2, 0.25) is 0 Å². The highest BCUT2D eigenvalue weighted by atomic mass is 14.2. The maximum atomic E-state index is 2.38. The van der Waals surface area contributed by atoms with Crippen molar-refractivity contribution in [2.24, 2.45) is 17.8 Å². The normalized spacial score (nSPS) is 17.2. The fraction of sp³-hybridized carbons (Fsp3) is 0.833. The largest absolute Gasteiger partial charge is 0.0917 e. The van der Waals surface area contributed by atoms with Crippen LogP contribution >= 0.6 is 0 Å². The third-order valence-electron chi connectivity index (χ3n) is 2.99. The standard InChI is InChI=1S/C12H24/c1-6-8-9-12(7-2)11(5)10(3)4/h6,8,10-12H,7,9H2,1-5H3/b8-6+. The van der Waals surface area contributed by atoms with E-state index >= 15 is 0 Å². The molecule has 12 heavy (non-hydrogen) atoms. The van der Waals surface area contributed by atoms with E-state index in [1.54, 1.807) is 0 Å². The van der Waals surface area contributed by atoms with Crippen LogP contribution in [-0.2, 0) is 0 Å². The van der Waals surface area contributed by atoms with Gasteiger partial charge < -0.3 is 0 Å². The smallest absolute Gasteiger partial charge is 0.0320 e. The Morgan fingerprint density at radius 2 is 1.75 bits per heavy atom. The average Bonchev–Trinajstić information content (AvgIpc) is 2.05. The Balaban J connectivity index is 3.95. The highest BCUT2D eigenvalue weighted by molar-refractivity contribution is 4.82. The molecule has 0 aromatic heterocycles. The molecule has 0 aliphatic carbocycles. The third kappa shape index (κ3) is 3.94. The molecule has 0 nitrogen and oxygen atoms in total. The van der Waals surface area contributed by atoms with Crippen molar-refractivity contribution in [3.63, 3.8) is 0 Å². The van der Waals surface area contributed by atoms with Crippen LogP contribution in [0.25, 0.3) is 0 Å². The predicted molar refractivity (Wildman–Crippen MR) is 57.2 cm³/mol. The van der Waals surface area contributed by atoms with Crippen molar-refractivity contribution >= 4 is 0 Å². The molecule has 0 heterocycles. The van der Waals surface area contributed by atoms with Gasteiger partial charge in [0, 0.05) is 0 Å². The molecule has 0 saturated carbocycles. The minimum Gasteiger partial charge on any atom is -0.0917 e. The summed E-state index contributed by atoms with van der Waals surface area (Å²) in [5, 5.41) is 0. The van der Waals surface area contributed by atoms with Crippen molar-refractivity contribution < 1.29 is 0 Å². The van der Waals surface area contributed by atoms with Gasteiger partial charge in [-0.3, -0.25) is 0 Å². The average molecular weight is 168 g/mol. The lowest BCUT2D eigenvalue weighted by Crippen LogP contribution is -2.15. The van der Waals surface area contributed by atoms with Gasteiger partial charge in [-0.25, -0.2) is 0 Å². The molecule has 0 amide bonds. The highest BCUT2D eigenvalue weighted by Gasteiger charge is 2.16. The Labute approximate surface area is 78.1 Å². The van der Waals surface area contributed by atoms with E-state index in [2.05, 4.69) is 46.8 Å². The van der Waals surface area contributed by atoms with E-state index in [0.717, 1.165) is 17.8 Å². The lowest BCUT2D eigenvalue weighted by molar-refractivity contribution is 0.271.